The Morgan fingerprint density at radius 2 is 1.81 bits per heavy atom. The SMILES string of the molecule is CNC(c1ccc(OC)c(Br)c1OC)C1(C)CCCCC1. The van der Waals surface area contributed by atoms with Gasteiger partial charge in [-0.15, -0.1) is 0 Å². The number of nitrogens with one attached hydrogen (secondary N) is 1. The summed E-state index contributed by atoms with van der Waals surface area (Å²) in [6, 6.07) is 4.43. The van der Waals surface area contributed by atoms with Crippen molar-refractivity contribution < 1.29 is 9.47 Å². The summed E-state index contributed by atoms with van der Waals surface area (Å²) < 4.78 is 11.9. The Hall–Kier alpha value is -0.740. The van der Waals surface area contributed by atoms with Crippen LogP contribution in [-0.4, -0.2) is 21.3 Å². The highest BCUT2D eigenvalue weighted by Crippen LogP contribution is 2.49. The predicted molar refractivity (Wildman–Crippen MR) is 90.2 cm³/mol. The second-order valence-electron chi connectivity index (χ2n) is 6.14. The monoisotopic (exact) mass is 355 g/mol. The highest BCUT2D eigenvalue weighted by molar-refractivity contribution is 9.10. The molecule has 21 heavy (non-hydrogen) atoms. The van der Waals surface area contributed by atoms with Crippen LogP contribution >= 0.6 is 15.9 Å². The van der Waals surface area contributed by atoms with Gasteiger partial charge in [0.2, 0.25) is 0 Å². The Kier molecular flexibility index (Phi) is 5.55. The third-order valence-corrected chi connectivity index (χ3v) is 5.56. The molecule has 1 N–H and O–H groups in total. The van der Waals surface area contributed by atoms with Crippen LogP contribution in [0.5, 0.6) is 11.5 Å². The molecule has 1 aromatic carbocycles. The van der Waals surface area contributed by atoms with Crippen molar-refractivity contribution in [1.29, 1.82) is 0 Å². The molecule has 1 fully saturated rings. The standard InChI is InChI=1S/C17H26BrNO2/c1-17(10-6-5-7-11-17)16(19-2)12-8-9-13(20-3)14(18)15(12)21-4/h8-9,16,19H,5-7,10-11H2,1-4H3. The zero-order valence-corrected chi connectivity index (χ0v) is 15.0. The molecule has 0 saturated heterocycles. The van der Waals surface area contributed by atoms with Crippen LogP contribution in [-0.2, 0) is 0 Å². The highest BCUT2D eigenvalue weighted by Gasteiger charge is 2.37. The molecule has 1 aliphatic rings. The van der Waals surface area contributed by atoms with Crippen LogP contribution in [0.3, 0.4) is 0 Å². The largest absolute Gasteiger partial charge is 0.495 e. The zero-order chi connectivity index (χ0) is 15.5. The molecule has 0 amide bonds. The number of hydrogen-bond donors (Lipinski definition) is 1. The first-order valence-corrected chi connectivity index (χ1v) is 8.44. The first-order chi connectivity index (χ1) is 10.1. The van der Waals surface area contributed by atoms with Gasteiger partial charge in [-0.2, -0.15) is 0 Å². The van der Waals surface area contributed by atoms with E-state index in [1.807, 2.05) is 13.1 Å². The first-order valence-electron chi connectivity index (χ1n) is 7.65. The summed E-state index contributed by atoms with van der Waals surface area (Å²) in [5.41, 5.74) is 1.48. The number of hydrogen-bond acceptors (Lipinski definition) is 3. The maximum absolute atomic E-state index is 5.67. The Balaban J connectivity index is 2.44. The second kappa shape index (κ2) is 7.01. The molecule has 1 aliphatic carbocycles. The molecule has 1 unspecified atom stereocenters. The predicted octanol–water partition coefficient (Wildman–Crippen LogP) is 4.70. The molecular weight excluding hydrogens is 330 g/mol. The van der Waals surface area contributed by atoms with Gasteiger partial charge in [0.1, 0.15) is 16.0 Å². The van der Waals surface area contributed by atoms with Crippen LogP contribution < -0.4 is 14.8 Å². The van der Waals surface area contributed by atoms with E-state index in [0.717, 1.165) is 16.0 Å². The van der Waals surface area contributed by atoms with Crippen LogP contribution in [0.4, 0.5) is 0 Å². The summed E-state index contributed by atoms with van der Waals surface area (Å²) in [6.07, 6.45) is 6.49. The van der Waals surface area contributed by atoms with Crippen molar-refractivity contribution >= 4 is 15.9 Å². The molecule has 3 nitrogen and oxygen atoms in total. The lowest BCUT2D eigenvalue weighted by Gasteiger charge is -2.41. The third-order valence-electron chi connectivity index (χ3n) is 4.81. The summed E-state index contributed by atoms with van der Waals surface area (Å²) in [4.78, 5) is 0. The minimum absolute atomic E-state index is 0.272. The van der Waals surface area contributed by atoms with Gasteiger partial charge >= 0.3 is 0 Å². The van der Waals surface area contributed by atoms with Gasteiger partial charge in [-0.05, 0) is 53.4 Å². The second-order valence-corrected chi connectivity index (χ2v) is 6.93. The summed E-state index contributed by atoms with van der Waals surface area (Å²) in [6.45, 7) is 2.39. The summed E-state index contributed by atoms with van der Waals surface area (Å²) in [7, 11) is 5.44. The smallest absolute Gasteiger partial charge is 0.141 e. The Labute approximate surface area is 136 Å². The lowest BCUT2D eigenvalue weighted by molar-refractivity contribution is 0.148. The molecular formula is C17H26BrNO2. The van der Waals surface area contributed by atoms with Gasteiger partial charge in [0.15, 0.2) is 0 Å². The number of ether oxygens (including phenoxy) is 2. The number of methoxy groups -OCH3 is 2. The Morgan fingerprint density at radius 1 is 1.14 bits per heavy atom. The van der Waals surface area contributed by atoms with Gasteiger partial charge in [0.25, 0.3) is 0 Å². The molecule has 1 atom stereocenters. The molecule has 0 bridgehead atoms. The molecule has 118 valence electrons. The fourth-order valence-corrected chi connectivity index (χ4v) is 4.36. The quantitative estimate of drug-likeness (QED) is 0.830. The minimum atomic E-state index is 0.272. The zero-order valence-electron chi connectivity index (χ0n) is 13.5. The fraction of sp³-hybridized carbons (Fsp3) is 0.647. The lowest BCUT2D eigenvalue weighted by Crippen LogP contribution is -2.36. The summed E-state index contributed by atoms with van der Waals surface area (Å²) in [5, 5.41) is 3.53. The molecule has 1 aromatic rings. The van der Waals surface area contributed by atoms with E-state index in [9.17, 15) is 0 Å². The molecule has 4 heteroatoms. The van der Waals surface area contributed by atoms with E-state index in [2.05, 4.69) is 34.2 Å². The van der Waals surface area contributed by atoms with Crippen LogP contribution in [0.2, 0.25) is 0 Å². The van der Waals surface area contributed by atoms with Crippen molar-refractivity contribution in [2.75, 3.05) is 21.3 Å². The molecule has 0 radical (unpaired) electrons. The molecule has 0 heterocycles. The van der Waals surface area contributed by atoms with Crippen LogP contribution in [0, 0.1) is 5.41 Å². The topological polar surface area (TPSA) is 30.5 Å². The normalized spacial score (nSPS) is 19.1. The van der Waals surface area contributed by atoms with Gasteiger partial charge in [-0.3, -0.25) is 0 Å². The average molecular weight is 356 g/mol. The van der Waals surface area contributed by atoms with Crippen molar-refractivity contribution in [3.8, 4) is 11.5 Å². The van der Waals surface area contributed by atoms with Gasteiger partial charge in [-0.1, -0.05) is 26.2 Å². The van der Waals surface area contributed by atoms with E-state index >= 15 is 0 Å². The van der Waals surface area contributed by atoms with Crippen molar-refractivity contribution in [3.05, 3.63) is 22.2 Å². The van der Waals surface area contributed by atoms with Crippen molar-refractivity contribution in [3.63, 3.8) is 0 Å². The van der Waals surface area contributed by atoms with E-state index in [1.165, 1.54) is 37.7 Å². The van der Waals surface area contributed by atoms with Gasteiger partial charge in [-0.25, -0.2) is 0 Å². The van der Waals surface area contributed by atoms with E-state index in [1.54, 1.807) is 14.2 Å². The molecule has 1 saturated carbocycles. The van der Waals surface area contributed by atoms with Crippen molar-refractivity contribution in [1.82, 2.24) is 5.32 Å². The van der Waals surface area contributed by atoms with E-state index < -0.39 is 0 Å². The molecule has 0 aliphatic heterocycles. The van der Waals surface area contributed by atoms with Gasteiger partial charge < -0.3 is 14.8 Å². The van der Waals surface area contributed by atoms with E-state index in [0.29, 0.717) is 0 Å². The summed E-state index contributed by atoms with van der Waals surface area (Å²) >= 11 is 3.61. The third kappa shape index (κ3) is 3.21. The lowest BCUT2D eigenvalue weighted by atomic mass is 9.68. The first kappa shape index (κ1) is 16.6. The van der Waals surface area contributed by atoms with E-state index in [4.69, 9.17) is 9.47 Å². The average Bonchev–Trinajstić information content (AvgIpc) is 2.49. The minimum Gasteiger partial charge on any atom is -0.495 e. The number of rotatable bonds is 5. The van der Waals surface area contributed by atoms with Crippen LogP contribution in [0.1, 0.15) is 50.6 Å². The van der Waals surface area contributed by atoms with Gasteiger partial charge in [0, 0.05) is 11.6 Å². The van der Waals surface area contributed by atoms with Crippen molar-refractivity contribution in [2.24, 2.45) is 5.41 Å². The Morgan fingerprint density at radius 3 is 2.33 bits per heavy atom. The van der Waals surface area contributed by atoms with Crippen molar-refractivity contribution in [2.45, 2.75) is 45.1 Å². The molecule has 0 spiro atoms. The fourth-order valence-electron chi connectivity index (χ4n) is 3.67. The maximum atomic E-state index is 5.67. The number of benzene rings is 1. The van der Waals surface area contributed by atoms with Crippen LogP contribution in [0.25, 0.3) is 0 Å². The molecule has 2 rings (SSSR count). The van der Waals surface area contributed by atoms with E-state index in [-0.39, 0.29) is 11.5 Å². The molecule has 0 aromatic heterocycles. The highest BCUT2D eigenvalue weighted by atomic mass is 79.9. The van der Waals surface area contributed by atoms with Gasteiger partial charge in [0.05, 0.1) is 14.2 Å². The Bertz CT molecular complexity index is 484. The van der Waals surface area contributed by atoms with Crippen LogP contribution in [0.15, 0.2) is 16.6 Å². The maximum Gasteiger partial charge on any atom is 0.141 e. The number of halogens is 1. The summed E-state index contributed by atoms with van der Waals surface area (Å²) in [5.74, 6) is 1.68.